The van der Waals surface area contributed by atoms with Gasteiger partial charge in [0.1, 0.15) is 0 Å². The lowest BCUT2D eigenvalue weighted by Gasteiger charge is -2.30. The number of hydrogen-bond acceptors (Lipinski definition) is 4. The molecular weight excluding hydrogens is 320 g/mol. The molecule has 0 radical (unpaired) electrons. The minimum absolute atomic E-state index is 0.570. The van der Waals surface area contributed by atoms with Gasteiger partial charge in [-0.1, -0.05) is 0 Å². The molecule has 1 N–H and O–H groups in total. The molecule has 20 heavy (non-hydrogen) atoms. The van der Waals surface area contributed by atoms with Crippen LogP contribution in [0.25, 0.3) is 0 Å². The summed E-state index contributed by atoms with van der Waals surface area (Å²) in [5, 5.41) is 3.63. The van der Waals surface area contributed by atoms with E-state index < -0.39 is 0 Å². The standard InChI is InChI=1S/C15H23BrN2O2/c1-18-6-4-5-12(10-18)17-9-11-7-13(16)15(20-3)14(8-11)19-2/h7-8,12,17H,4-6,9-10H2,1-3H3. The van der Waals surface area contributed by atoms with Crippen molar-refractivity contribution < 1.29 is 9.47 Å². The molecule has 1 aromatic carbocycles. The van der Waals surface area contributed by atoms with Crippen LogP contribution in [-0.2, 0) is 6.54 Å². The molecule has 1 saturated heterocycles. The molecule has 0 amide bonds. The van der Waals surface area contributed by atoms with Crippen molar-refractivity contribution in [1.82, 2.24) is 10.2 Å². The van der Waals surface area contributed by atoms with Gasteiger partial charge in [0.15, 0.2) is 11.5 Å². The average Bonchev–Trinajstić information content (AvgIpc) is 2.44. The van der Waals surface area contributed by atoms with Crippen LogP contribution < -0.4 is 14.8 Å². The Labute approximate surface area is 129 Å². The predicted molar refractivity (Wildman–Crippen MR) is 84.6 cm³/mol. The van der Waals surface area contributed by atoms with E-state index in [0.717, 1.165) is 29.1 Å². The summed E-state index contributed by atoms with van der Waals surface area (Å²) in [4.78, 5) is 2.38. The van der Waals surface area contributed by atoms with E-state index in [1.807, 2.05) is 6.07 Å². The summed E-state index contributed by atoms with van der Waals surface area (Å²) in [6, 6.07) is 4.69. The second-order valence-corrected chi connectivity index (χ2v) is 6.15. The first-order valence-electron chi connectivity index (χ1n) is 6.96. The molecule has 5 heteroatoms. The van der Waals surface area contributed by atoms with Crippen molar-refractivity contribution in [2.75, 3.05) is 34.4 Å². The zero-order valence-corrected chi connectivity index (χ0v) is 14.0. The second kappa shape index (κ2) is 7.29. The van der Waals surface area contributed by atoms with Crippen molar-refractivity contribution in [3.63, 3.8) is 0 Å². The molecule has 0 spiro atoms. The van der Waals surface area contributed by atoms with Gasteiger partial charge in [-0.2, -0.15) is 0 Å². The lowest BCUT2D eigenvalue weighted by molar-refractivity contribution is 0.226. The average molecular weight is 343 g/mol. The van der Waals surface area contributed by atoms with E-state index in [4.69, 9.17) is 9.47 Å². The van der Waals surface area contributed by atoms with E-state index in [-0.39, 0.29) is 0 Å². The first-order chi connectivity index (χ1) is 9.63. The maximum Gasteiger partial charge on any atom is 0.174 e. The first-order valence-corrected chi connectivity index (χ1v) is 7.75. The number of ether oxygens (including phenoxy) is 2. The van der Waals surface area contributed by atoms with Crippen LogP contribution in [0.2, 0.25) is 0 Å². The van der Waals surface area contributed by atoms with Gasteiger partial charge >= 0.3 is 0 Å². The van der Waals surface area contributed by atoms with E-state index in [1.165, 1.54) is 24.9 Å². The molecule has 112 valence electrons. The number of hydrogen-bond donors (Lipinski definition) is 1. The smallest absolute Gasteiger partial charge is 0.174 e. The molecule has 1 fully saturated rings. The molecule has 2 rings (SSSR count). The van der Waals surface area contributed by atoms with Crippen molar-refractivity contribution in [2.45, 2.75) is 25.4 Å². The number of rotatable bonds is 5. The molecule has 1 aliphatic rings. The highest BCUT2D eigenvalue weighted by Crippen LogP contribution is 2.36. The van der Waals surface area contributed by atoms with Gasteiger partial charge in [0.2, 0.25) is 0 Å². The van der Waals surface area contributed by atoms with Crippen LogP contribution in [0.15, 0.2) is 16.6 Å². The van der Waals surface area contributed by atoms with Crippen molar-refractivity contribution in [2.24, 2.45) is 0 Å². The van der Waals surface area contributed by atoms with Crippen molar-refractivity contribution in [3.05, 3.63) is 22.2 Å². The zero-order valence-electron chi connectivity index (χ0n) is 12.4. The highest BCUT2D eigenvalue weighted by Gasteiger charge is 2.17. The summed E-state index contributed by atoms with van der Waals surface area (Å²) in [5.41, 5.74) is 1.20. The summed E-state index contributed by atoms with van der Waals surface area (Å²) in [5.74, 6) is 1.51. The third-order valence-corrected chi connectivity index (χ3v) is 4.30. The highest BCUT2D eigenvalue weighted by atomic mass is 79.9. The van der Waals surface area contributed by atoms with Gasteiger partial charge in [0.05, 0.1) is 18.7 Å². The summed E-state index contributed by atoms with van der Waals surface area (Å²) in [7, 11) is 5.50. The molecule has 0 saturated carbocycles. The summed E-state index contributed by atoms with van der Waals surface area (Å²) in [6.07, 6.45) is 2.52. The van der Waals surface area contributed by atoms with Crippen molar-refractivity contribution in [1.29, 1.82) is 0 Å². The molecule has 1 atom stereocenters. The molecule has 4 nitrogen and oxygen atoms in total. The molecule has 0 aliphatic carbocycles. The topological polar surface area (TPSA) is 33.7 Å². The SMILES string of the molecule is COc1cc(CNC2CCCN(C)C2)cc(Br)c1OC. The van der Waals surface area contributed by atoms with E-state index in [0.29, 0.717) is 6.04 Å². The van der Waals surface area contributed by atoms with Crippen LogP contribution in [0.3, 0.4) is 0 Å². The lowest BCUT2D eigenvalue weighted by Crippen LogP contribution is -2.43. The molecule has 0 aromatic heterocycles. The lowest BCUT2D eigenvalue weighted by atomic mass is 10.1. The van der Waals surface area contributed by atoms with Gasteiger partial charge in [0.25, 0.3) is 0 Å². The number of benzene rings is 1. The van der Waals surface area contributed by atoms with Gasteiger partial charge in [-0.15, -0.1) is 0 Å². The number of nitrogens with one attached hydrogen (secondary N) is 1. The zero-order chi connectivity index (χ0) is 14.5. The monoisotopic (exact) mass is 342 g/mol. The first kappa shape index (κ1) is 15.6. The van der Waals surface area contributed by atoms with Gasteiger partial charge in [-0.25, -0.2) is 0 Å². The van der Waals surface area contributed by atoms with E-state index in [2.05, 4.69) is 39.3 Å². The number of likely N-dealkylation sites (N-methyl/N-ethyl adjacent to an activating group) is 1. The van der Waals surface area contributed by atoms with E-state index in [9.17, 15) is 0 Å². The molecule has 0 bridgehead atoms. The van der Waals surface area contributed by atoms with Gasteiger partial charge in [0, 0.05) is 19.1 Å². The quantitative estimate of drug-likeness (QED) is 0.891. The predicted octanol–water partition coefficient (Wildman–Crippen LogP) is 2.65. The molecule has 1 heterocycles. The molecular formula is C15H23BrN2O2. The van der Waals surface area contributed by atoms with Crippen LogP contribution in [0.5, 0.6) is 11.5 Å². The highest BCUT2D eigenvalue weighted by molar-refractivity contribution is 9.10. The second-order valence-electron chi connectivity index (χ2n) is 5.30. The fourth-order valence-corrected chi connectivity index (χ4v) is 3.32. The van der Waals surface area contributed by atoms with Crippen LogP contribution in [0, 0.1) is 0 Å². The fraction of sp³-hybridized carbons (Fsp3) is 0.600. The minimum atomic E-state index is 0.570. The maximum atomic E-state index is 5.38. The largest absolute Gasteiger partial charge is 0.493 e. The third kappa shape index (κ3) is 3.87. The number of piperidine rings is 1. The Morgan fingerprint density at radius 2 is 2.15 bits per heavy atom. The summed E-state index contributed by atoms with van der Waals surface area (Å²) < 4.78 is 11.6. The normalized spacial score (nSPS) is 19.9. The Bertz CT molecular complexity index is 454. The number of halogens is 1. The van der Waals surface area contributed by atoms with Crippen molar-refractivity contribution >= 4 is 15.9 Å². The van der Waals surface area contributed by atoms with Gasteiger partial charge < -0.3 is 19.7 Å². The fourth-order valence-electron chi connectivity index (χ4n) is 2.67. The van der Waals surface area contributed by atoms with Crippen molar-refractivity contribution in [3.8, 4) is 11.5 Å². The van der Waals surface area contributed by atoms with E-state index >= 15 is 0 Å². The van der Waals surface area contributed by atoms with Crippen LogP contribution >= 0.6 is 15.9 Å². The Morgan fingerprint density at radius 1 is 1.35 bits per heavy atom. The third-order valence-electron chi connectivity index (χ3n) is 3.71. The molecule has 1 unspecified atom stereocenters. The summed E-state index contributed by atoms with van der Waals surface area (Å²) >= 11 is 3.53. The maximum absolute atomic E-state index is 5.38. The van der Waals surface area contributed by atoms with Gasteiger partial charge in [-0.05, 0) is 60.1 Å². The van der Waals surface area contributed by atoms with Gasteiger partial charge in [-0.3, -0.25) is 0 Å². The molecule has 1 aromatic rings. The Hall–Kier alpha value is -0.780. The number of nitrogens with zero attached hydrogens (tertiary/aromatic N) is 1. The Morgan fingerprint density at radius 3 is 2.80 bits per heavy atom. The van der Waals surface area contributed by atoms with Crippen LogP contribution in [0.4, 0.5) is 0 Å². The molecule has 1 aliphatic heterocycles. The number of methoxy groups -OCH3 is 2. The summed E-state index contributed by atoms with van der Waals surface area (Å²) in [6.45, 7) is 3.17. The van der Waals surface area contributed by atoms with E-state index in [1.54, 1.807) is 14.2 Å². The number of likely N-dealkylation sites (tertiary alicyclic amines) is 1. The van der Waals surface area contributed by atoms with Crippen LogP contribution in [-0.4, -0.2) is 45.3 Å². The van der Waals surface area contributed by atoms with Crippen LogP contribution in [0.1, 0.15) is 18.4 Å². The Balaban J connectivity index is 2.00. The minimum Gasteiger partial charge on any atom is -0.493 e. The Kier molecular flexibility index (Phi) is 5.69.